The van der Waals surface area contributed by atoms with Gasteiger partial charge in [0.15, 0.2) is 17.8 Å². The van der Waals surface area contributed by atoms with E-state index < -0.39 is 0 Å². The molecular formula is C22H24FN7O. The van der Waals surface area contributed by atoms with Crippen molar-refractivity contribution < 1.29 is 9.18 Å². The Labute approximate surface area is 179 Å². The van der Waals surface area contributed by atoms with E-state index in [1.165, 1.54) is 12.4 Å². The summed E-state index contributed by atoms with van der Waals surface area (Å²) >= 11 is 0. The Hall–Kier alpha value is -3.59. The van der Waals surface area contributed by atoms with Gasteiger partial charge >= 0.3 is 0 Å². The number of rotatable bonds is 3. The number of nitrogens with one attached hydrogen (secondary N) is 2. The Bertz CT molecular complexity index is 1220. The maximum absolute atomic E-state index is 13.3. The van der Waals surface area contributed by atoms with Crippen molar-refractivity contribution in [3.63, 3.8) is 0 Å². The van der Waals surface area contributed by atoms with Crippen molar-refractivity contribution in [3.8, 4) is 0 Å². The molecule has 2 N–H and O–H groups in total. The molecule has 160 valence electrons. The number of aromatic nitrogens is 4. The molecule has 0 radical (unpaired) electrons. The van der Waals surface area contributed by atoms with Crippen LogP contribution in [0.25, 0.3) is 16.6 Å². The lowest BCUT2D eigenvalue weighted by molar-refractivity contribution is 0.112. The third-order valence-corrected chi connectivity index (χ3v) is 5.18. The van der Waals surface area contributed by atoms with E-state index in [1.54, 1.807) is 30.0 Å². The highest BCUT2D eigenvalue weighted by Gasteiger charge is 2.15. The predicted molar refractivity (Wildman–Crippen MR) is 119 cm³/mol. The molecule has 1 aromatic carbocycles. The van der Waals surface area contributed by atoms with Crippen molar-refractivity contribution in [2.45, 2.75) is 6.92 Å². The minimum atomic E-state index is -0.306. The van der Waals surface area contributed by atoms with Gasteiger partial charge in [0, 0.05) is 74.5 Å². The van der Waals surface area contributed by atoms with E-state index in [0.717, 1.165) is 60.4 Å². The second kappa shape index (κ2) is 9.05. The van der Waals surface area contributed by atoms with Gasteiger partial charge in [-0.15, -0.1) is 0 Å². The highest BCUT2D eigenvalue weighted by molar-refractivity contribution is 6.01. The van der Waals surface area contributed by atoms with Gasteiger partial charge in [-0.25, -0.2) is 19.3 Å². The lowest BCUT2D eigenvalue weighted by Crippen LogP contribution is -2.43. The van der Waals surface area contributed by atoms with Gasteiger partial charge in [-0.05, 0) is 19.1 Å². The molecule has 0 atom stereocenters. The summed E-state index contributed by atoms with van der Waals surface area (Å²) in [6.45, 7) is 5.72. The Morgan fingerprint density at radius 1 is 1.23 bits per heavy atom. The first-order chi connectivity index (χ1) is 15.1. The molecule has 1 saturated heterocycles. The van der Waals surface area contributed by atoms with E-state index >= 15 is 0 Å². The van der Waals surface area contributed by atoms with Crippen molar-refractivity contribution in [1.29, 1.82) is 0 Å². The van der Waals surface area contributed by atoms with Crippen LogP contribution in [0.15, 0.2) is 43.1 Å². The summed E-state index contributed by atoms with van der Waals surface area (Å²) in [7, 11) is 1.75. The Morgan fingerprint density at radius 2 is 2.03 bits per heavy atom. The molecule has 4 aromatic rings. The van der Waals surface area contributed by atoms with Gasteiger partial charge in [0.05, 0.1) is 16.9 Å². The number of fused-ring (bicyclic) bond motifs is 2. The van der Waals surface area contributed by atoms with Crippen LogP contribution >= 0.6 is 0 Å². The quantitative estimate of drug-likeness (QED) is 0.492. The first kappa shape index (κ1) is 20.7. The third-order valence-electron chi connectivity index (χ3n) is 5.18. The van der Waals surface area contributed by atoms with Crippen molar-refractivity contribution in [3.05, 3.63) is 60.2 Å². The van der Waals surface area contributed by atoms with Crippen LogP contribution in [0, 0.1) is 12.7 Å². The van der Waals surface area contributed by atoms with Crippen molar-refractivity contribution in [2.24, 2.45) is 0 Å². The number of halogens is 1. The first-order valence-electron chi connectivity index (χ1n) is 10.1. The zero-order valence-electron chi connectivity index (χ0n) is 17.5. The van der Waals surface area contributed by atoms with E-state index in [2.05, 4.69) is 30.5 Å². The fourth-order valence-corrected chi connectivity index (χ4v) is 3.68. The average molecular weight is 421 g/mol. The number of aldehydes is 1. The van der Waals surface area contributed by atoms with Gasteiger partial charge in [-0.3, -0.25) is 4.79 Å². The van der Waals surface area contributed by atoms with Crippen molar-refractivity contribution >= 4 is 34.2 Å². The smallest absolute Gasteiger partial charge is 0.173 e. The molecule has 0 amide bonds. The number of anilines is 2. The maximum atomic E-state index is 13.3. The minimum Gasteiger partial charge on any atom is -0.387 e. The molecule has 3 aromatic heterocycles. The summed E-state index contributed by atoms with van der Waals surface area (Å²) in [5.74, 6) is -0.306. The number of nitrogens with zero attached hydrogens (tertiary/aromatic N) is 5. The van der Waals surface area contributed by atoms with Crippen molar-refractivity contribution in [2.75, 3.05) is 43.4 Å². The van der Waals surface area contributed by atoms with Crippen LogP contribution in [0.1, 0.15) is 16.1 Å². The van der Waals surface area contributed by atoms with E-state index in [0.29, 0.717) is 11.2 Å². The molecule has 31 heavy (non-hydrogen) atoms. The molecule has 1 aliphatic heterocycles. The highest BCUT2D eigenvalue weighted by Crippen LogP contribution is 2.27. The number of piperazine rings is 1. The summed E-state index contributed by atoms with van der Waals surface area (Å²) in [6.07, 6.45) is 7.71. The Kier molecular flexibility index (Phi) is 6.03. The molecule has 5 rings (SSSR count). The first-order valence-corrected chi connectivity index (χ1v) is 10.1. The van der Waals surface area contributed by atoms with Crippen LogP contribution in [0.4, 0.5) is 15.8 Å². The highest BCUT2D eigenvalue weighted by atomic mass is 19.1. The molecule has 0 unspecified atom stereocenters. The zero-order chi connectivity index (χ0) is 21.8. The SMILES string of the molecule is CNc1cc(F)c2nc(C)cn2c1.O=Cc1ccc(N2CCNCC2)c2cncnc12. The Balaban J connectivity index is 0.000000158. The van der Waals surface area contributed by atoms with E-state index in [1.807, 2.05) is 19.1 Å². The summed E-state index contributed by atoms with van der Waals surface area (Å²) in [6, 6.07) is 5.25. The number of imidazole rings is 1. The van der Waals surface area contributed by atoms with E-state index in [9.17, 15) is 9.18 Å². The fraction of sp³-hybridized carbons (Fsp3) is 0.273. The normalized spacial score (nSPS) is 13.7. The van der Waals surface area contributed by atoms with Gasteiger partial charge in [0.2, 0.25) is 0 Å². The molecule has 8 nitrogen and oxygen atoms in total. The van der Waals surface area contributed by atoms with Crippen LogP contribution < -0.4 is 15.5 Å². The summed E-state index contributed by atoms with van der Waals surface area (Å²) in [4.78, 5) is 25.7. The van der Waals surface area contributed by atoms with Crippen molar-refractivity contribution in [1.82, 2.24) is 24.7 Å². The van der Waals surface area contributed by atoms with E-state index in [4.69, 9.17) is 0 Å². The Morgan fingerprint density at radius 3 is 2.77 bits per heavy atom. The van der Waals surface area contributed by atoms with Gasteiger partial charge in [-0.1, -0.05) is 0 Å². The molecular weight excluding hydrogens is 397 g/mol. The molecule has 1 aliphatic rings. The number of benzene rings is 1. The van der Waals surface area contributed by atoms with Crippen LogP contribution in [0.3, 0.4) is 0 Å². The van der Waals surface area contributed by atoms with Crippen LogP contribution in [-0.2, 0) is 0 Å². The second-order valence-electron chi connectivity index (χ2n) is 7.25. The lowest BCUT2D eigenvalue weighted by atomic mass is 10.1. The fourth-order valence-electron chi connectivity index (χ4n) is 3.68. The number of hydrogen-bond acceptors (Lipinski definition) is 7. The third kappa shape index (κ3) is 4.31. The molecule has 4 heterocycles. The average Bonchev–Trinajstić information content (AvgIpc) is 3.20. The van der Waals surface area contributed by atoms with Crippen LogP contribution in [-0.4, -0.2) is 58.9 Å². The van der Waals surface area contributed by atoms with Crippen LogP contribution in [0.5, 0.6) is 0 Å². The summed E-state index contributed by atoms with van der Waals surface area (Å²) in [5, 5.41) is 7.15. The topological polar surface area (TPSA) is 87.5 Å². The number of hydrogen-bond donors (Lipinski definition) is 2. The van der Waals surface area contributed by atoms with Gasteiger partial charge in [0.25, 0.3) is 0 Å². The molecule has 0 saturated carbocycles. The van der Waals surface area contributed by atoms with Crippen LogP contribution in [0.2, 0.25) is 0 Å². The number of pyridine rings is 1. The predicted octanol–water partition coefficient (Wildman–Crippen LogP) is 2.68. The number of carbonyl (C=O) groups is 1. The van der Waals surface area contributed by atoms with Gasteiger partial charge in [-0.2, -0.15) is 0 Å². The minimum absolute atomic E-state index is 0.306. The maximum Gasteiger partial charge on any atom is 0.173 e. The molecule has 0 bridgehead atoms. The number of aryl methyl sites for hydroxylation is 1. The molecule has 0 aliphatic carbocycles. The standard InChI is InChI=1S/C13H14N4O.C9H10FN3/c18-8-10-1-2-12(17-5-3-14-4-6-17)11-7-15-9-16-13(10)11;1-6-4-13-5-7(11-2)3-8(10)9(13)12-6/h1-2,7-9,14H,3-6H2;3-5,11H,1-2H3. The molecule has 9 heteroatoms. The van der Waals surface area contributed by atoms with Gasteiger partial charge in [0.1, 0.15) is 6.33 Å². The zero-order valence-corrected chi connectivity index (χ0v) is 17.5. The second-order valence-corrected chi connectivity index (χ2v) is 7.25. The summed E-state index contributed by atoms with van der Waals surface area (Å²) < 4.78 is 15.0. The van der Waals surface area contributed by atoms with E-state index in [-0.39, 0.29) is 5.82 Å². The largest absolute Gasteiger partial charge is 0.387 e. The van der Waals surface area contributed by atoms with Gasteiger partial charge < -0.3 is 19.9 Å². The summed E-state index contributed by atoms with van der Waals surface area (Å²) in [5.41, 5.74) is 4.38. The molecule has 1 fully saturated rings. The lowest BCUT2D eigenvalue weighted by Gasteiger charge is -2.30. The molecule has 0 spiro atoms. The monoisotopic (exact) mass is 421 g/mol. The number of carbonyl (C=O) groups excluding carboxylic acids is 1.